The van der Waals surface area contributed by atoms with Gasteiger partial charge in [0.15, 0.2) is 15.6 Å². The molecule has 1 aliphatic heterocycles. The second kappa shape index (κ2) is 6.29. The lowest BCUT2D eigenvalue weighted by Crippen LogP contribution is -2.33. The van der Waals surface area contributed by atoms with Gasteiger partial charge in [0.05, 0.1) is 18.0 Å². The van der Waals surface area contributed by atoms with Gasteiger partial charge in [-0.1, -0.05) is 0 Å². The van der Waals surface area contributed by atoms with E-state index in [4.69, 9.17) is 4.74 Å². The number of hydrogen-bond acceptors (Lipinski definition) is 6. The average molecular weight is 278 g/mol. The first-order chi connectivity index (χ1) is 8.36. The van der Waals surface area contributed by atoms with Crippen molar-refractivity contribution in [1.29, 1.82) is 0 Å². The molecule has 1 fully saturated rings. The van der Waals surface area contributed by atoms with Crippen molar-refractivity contribution in [1.82, 2.24) is 0 Å². The Labute approximate surface area is 107 Å². The van der Waals surface area contributed by atoms with Gasteiger partial charge in [-0.05, 0) is 20.3 Å². The van der Waals surface area contributed by atoms with E-state index in [9.17, 15) is 18.0 Å². The Kier molecular flexibility index (Phi) is 5.28. The van der Waals surface area contributed by atoms with Gasteiger partial charge in [0.2, 0.25) is 0 Å². The molecule has 0 aromatic carbocycles. The first-order valence-corrected chi connectivity index (χ1v) is 7.59. The second-order valence-corrected chi connectivity index (χ2v) is 6.45. The molecule has 6 nitrogen and oxygen atoms in total. The molecule has 7 heteroatoms. The van der Waals surface area contributed by atoms with Crippen molar-refractivity contribution in [2.75, 3.05) is 19.0 Å². The minimum Gasteiger partial charge on any atom is -0.466 e. The molecule has 0 spiro atoms. The molecule has 0 aromatic rings. The molecular formula is C11H18O6S. The molecule has 0 amide bonds. The Morgan fingerprint density at radius 2 is 2.06 bits per heavy atom. The van der Waals surface area contributed by atoms with Crippen LogP contribution in [0.5, 0.6) is 0 Å². The summed E-state index contributed by atoms with van der Waals surface area (Å²) in [6.45, 7) is 3.85. The number of hydrogen-bond donors (Lipinski definition) is 0. The fourth-order valence-electron chi connectivity index (χ4n) is 1.94. The molecule has 0 bridgehead atoms. The molecule has 0 N–H and O–H groups in total. The van der Waals surface area contributed by atoms with Crippen molar-refractivity contribution in [2.24, 2.45) is 0 Å². The molecule has 0 radical (unpaired) electrons. The monoisotopic (exact) mass is 278 g/mol. The summed E-state index contributed by atoms with van der Waals surface area (Å²) in [5.74, 6) is -1.94. The van der Waals surface area contributed by atoms with E-state index in [-0.39, 0.29) is 6.61 Å². The highest BCUT2D eigenvalue weighted by Gasteiger charge is 2.37. The van der Waals surface area contributed by atoms with E-state index >= 15 is 0 Å². The zero-order chi connectivity index (χ0) is 13.8. The number of sulfone groups is 1. The number of carbonyl (C=O) groups is 2. The van der Waals surface area contributed by atoms with Crippen LogP contribution in [0, 0.1) is 0 Å². The minimum atomic E-state index is -3.55. The van der Waals surface area contributed by atoms with Crippen molar-refractivity contribution in [3.05, 3.63) is 0 Å². The number of carbonyl (C=O) groups excluding carboxylic acids is 2. The number of Topliss-reactive ketones (excluding diaryl/α,β-unsaturated/α-hetero) is 1. The summed E-state index contributed by atoms with van der Waals surface area (Å²) in [4.78, 5) is 22.5. The second-order valence-electron chi connectivity index (χ2n) is 4.23. The van der Waals surface area contributed by atoms with E-state index < -0.39 is 45.1 Å². The van der Waals surface area contributed by atoms with Crippen molar-refractivity contribution in [3.63, 3.8) is 0 Å². The molecular weight excluding hydrogens is 260 g/mol. The van der Waals surface area contributed by atoms with Crippen LogP contribution in [0.3, 0.4) is 0 Å². The Bertz CT molecular complexity index is 413. The lowest BCUT2D eigenvalue weighted by atomic mass is 10.3. The smallest absolute Gasteiger partial charge is 0.313 e. The lowest BCUT2D eigenvalue weighted by molar-refractivity contribution is -0.145. The van der Waals surface area contributed by atoms with E-state index in [2.05, 4.69) is 4.74 Å². The first kappa shape index (κ1) is 15.1. The van der Waals surface area contributed by atoms with E-state index in [1.807, 2.05) is 0 Å². The summed E-state index contributed by atoms with van der Waals surface area (Å²) < 4.78 is 33.6. The third-order valence-corrected chi connectivity index (χ3v) is 5.04. The quantitative estimate of drug-likeness (QED) is 0.506. The van der Waals surface area contributed by atoms with Gasteiger partial charge in [-0.25, -0.2) is 8.42 Å². The maximum absolute atomic E-state index is 11.9. The summed E-state index contributed by atoms with van der Waals surface area (Å²) in [5.41, 5.74) is 0. The van der Waals surface area contributed by atoms with Crippen LogP contribution < -0.4 is 0 Å². The van der Waals surface area contributed by atoms with Crippen LogP contribution in [0.4, 0.5) is 0 Å². The van der Waals surface area contributed by atoms with Crippen LogP contribution in [0.25, 0.3) is 0 Å². The Morgan fingerprint density at radius 3 is 2.56 bits per heavy atom. The average Bonchev–Trinajstić information content (AvgIpc) is 2.64. The van der Waals surface area contributed by atoms with Crippen LogP contribution in [-0.2, 0) is 28.9 Å². The van der Waals surface area contributed by atoms with Gasteiger partial charge in [0.1, 0.15) is 12.2 Å². The van der Waals surface area contributed by atoms with Gasteiger partial charge >= 0.3 is 5.97 Å². The molecule has 0 aliphatic carbocycles. The van der Waals surface area contributed by atoms with E-state index in [0.717, 1.165) is 0 Å². The van der Waals surface area contributed by atoms with Gasteiger partial charge in [-0.3, -0.25) is 9.59 Å². The number of rotatable bonds is 6. The zero-order valence-electron chi connectivity index (χ0n) is 10.5. The zero-order valence-corrected chi connectivity index (χ0v) is 11.4. The third kappa shape index (κ3) is 4.06. The fraction of sp³-hybridized carbons (Fsp3) is 0.818. The third-order valence-electron chi connectivity index (χ3n) is 2.78. The highest BCUT2D eigenvalue weighted by molar-refractivity contribution is 7.92. The van der Waals surface area contributed by atoms with Crippen molar-refractivity contribution >= 4 is 21.6 Å². The molecule has 2 atom stereocenters. The van der Waals surface area contributed by atoms with E-state index in [0.29, 0.717) is 13.0 Å². The standard InChI is InChI=1S/C11H18O6S/c1-3-16-11(13)6-9(12)7-18(14,15)10-4-5-17-8(10)2/h8,10H,3-7H2,1-2H3. The molecule has 1 saturated heterocycles. The number of ether oxygens (including phenoxy) is 2. The van der Waals surface area contributed by atoms with E-state index in [1.165, 1.54) is 0 Å². The van der Waals surface area contributed by atoms with Gasteiger partial charge in [-0.2, -0.15) is 0 Å². The lowest BCUT2D eigenvalue weighted by Gasteiger charge is -2.14. The Morgan fingerprint density at radius 1 is 1.39 bits per heavy atom. The molecule has 2 unspecified atom stereocenters. The molecule has 1 aliphatic rings. The molecule has 1 rings (SSSR count). The van der Waals surface area contributed by atoms with Crippen molar-refractivity contribution < 1.29 is 27.5 Å². The van der Waals surface area contributed by atoms with Crippen LogP contribution in [-0.4, -0.2) is 50.5 Å². The van der Waals surface area contributed by atoms with Crippen LogP contribution >= 0.6 is 0 Å². The predicted molar refractivity (Wildman–Crippen MR) is 63.9 cm³/mol. The minimum absolute atomic E-state index is 0.173. The van der Waals surface area contributed by atoms with E-state index in [1.54, 1.807) is 13.8 Å². The van der Waals surface area contributed by atoms with Crippen LogP contribution in [0.1, 0.15) is 26.7 Å². The van der Waals surface area contributed by atoms with Gasteiger partial charge < -0.3 is 9.47 Å². The number of ketones is 1. The topological polar surface area (TPSA) is 86.7 Å². The normalized spacial score (nSPS) is 23.9. The van der Waals surface area contributed by atoms with Gasteiger partial charge in [0.25, 0.3) is 0 Å². The van der Waals surface area contributed by atoms with Gasteiger partial charge in [0, 0.05) is 6.61 Å². The highest BCUT2D eigenvalue weighted by atomic mass is 32.2. The Hall–Kier alpha value is -0.950. The first-order valence-electron chi connectivity index (χ1n) is 5.87. The van der Waals surface area contributed by atoms with Crippen molar-refractivity contribution in [3.8, 4) is 0 Å². The molecule has 18 heavy (non-hydrogen) atoms. The van der Waals surface area contributed by atoms with Crippen LogP contribution in [0.2, 0.25) is 0 Å². The van der Waals surface area contributed by atoms with Crippen molar-refractivity contribution in [2.45, 2.75) is 38.0 Å². The summed E-state index contributed by atoms with van der Waals surface area (Å²) in [7, 11) is -3.55. The molecule has 0 saturated carbocycles. The predicted octanol–water partition coefficient (Wildman–Crippen LogP) is 0.101. The summed E-state index contributed by atoms with van der Waals surface area (Å²) in [6.07, 6.45) is -0.490. The largest absolute Gasteiger partial charge is 0.466 e. The number of esters is 1. The summed E-state index contributed by atoms with van der Waals surface area (Å²) in [5, 5.41) is -0.649. The Balaban J connectivity index is 2.55. The molecule has 0 aromatic heterocycles. The SMILES string of the molecule is CCOC(=O)CC(=O)CS(=O)(=O)C1CCOC1C. The van der Waals surface area contributed by atoms with Crippen LogP contribution in [0.15, 0.2) is 0 Å². The highest BCUT2D eigenvalue weighted by Crippen LogP contribution is 2.21. The fourth-order valence-corrected chi connectivity index (χ4v) is 3.82. The maximum Gasteiger partial charge on any atom is 0.313 e. The summed E-state index contributed by atoms with van der Waals surface area (Å²) >= 11 is 0. The maximum atomic E-state index is 11.9. The van der Waals surface area contributed by atoms with Gasteiger partial charge in [-0.15, -0.1) is 0 Å². The molecule has 1 heterocycles. The molecule has 104 valence electrons. The summed E-state index contributed by atoms with van der Waals surface area (Å²) in [6, 6.07) is 0.